The summed E-state index contributed by atoms with van der Waals surface area (Å²) < 4.78 is 148. The van der Waals surface area contributed by atoms with Crippen LogP contribution in [-0.2, 0) is 52.8 Å². The fourth-order valence-electron chi connectivity index (χ4n) is 7.72. The predicted molar refractivity (Wildman–Crippen MR) is 244 cm³/mol. The minimum atomic E-state index is -4.92. The molecule has 0 fully saturated rings. The van der Waals surface area contributed by atoms with Gasteiger partial charge in [-0.15, -0.1) is 0 Å². The van der Waals surface area contributed by atoms with E-state index in [-0.39, 0.29) is 131 Å². The zero-order chi connectivity index (χ0) is 45.6. The van der Waals surface area contributed by atoms with Crippen LogP contribution < -0.4 is 139 Å². The van der Waals surface area contributed by atoms with E-state index in [1.54, 1.807) is 24.3 Å². The molecule has 0 aliphatic heterocycles. The summed E-state index contributed by atoms with van der Waals surface area (Å²) in [6, 6.07) is 44.9. The maximum atomic E-state index is 12.3. The van der Waals surface area contributed by atoms with Gasteiger partial charge in [0.25, 0.3) is 0 Å². The van der Waals surface area contributed by atoms with Crippen LogP contribution >= 0.6 is 15.8 Å². The SMILES string of the molecule is O=S(=O)([O-])c1cccc(P(Cc2ccc3ccccc3c2-c2c(CP(c3cccc(S(=O)(=O)[O-])c3)c3cccc(S(=O)(=O)[O-])c3)ccc3ccccc23)c2cccc(S(=O)(=O)[O-])c2)c1.[Na+].[Na+].[Na+].[Na+]. The van der Waals surface area contributed by atoms with E-state index >= 15 is 0 Å². The topological polar surface area (TPSA) is 229 Å². The van der Waals surface area contributed by atoms with Crippen LogP contribution in [0.25, 0.3) is 32.7 Å². The van der Waals surface area contributed by atoms with Crippen LogP contribution in [0.2, 0.25) is 0 Å². The van der Waals surface area contributed by atoms with Crippen molar-refractivity contribution in [2.75, 3.05) is 0 Å². The summed E-state index contributed by atoms with van der Waals surface area (Å²) in [5.74, 6) is 0. The zero-order valence-electron chi connectivity index (χ0n) is 37.0. The molecule has 0 saturated carbocycles. The van der Waals surface area contributed by atoms with Gasteiger partial charge in [-0.3, -0.25) is 0 Å². The van der Waals surface area contributed by atoms with Crippen LogP contribution in [0.3, 0.4) is 0 Å². The summed E-state index contributed by atoms with van der Waals surface area (Å²) in [4.78, 5) is -1.96. The minimum Gasteiger partial charge on any atom is -0.744 e. The Morgan fingerprint density at radius 3 is 0.853 bits per heavy atom. The average Bonchev–Trinajstić information content (AvgIpc) is 3.26. The fourth-order valence-corrected chi connectivity index (χ4v) is 14.9. The van der Waals surface area contributed by atoms with Gasteiger partial charge in [-0.2, -0.15) is 0 Å². The Morgan fingerprint density at radius 1 is 0.324 bits per heavy atom. The Labute approximate surface area is 486 Å². The first-order chi connectivity index (χ1) is 30.3. The smallest absolute Gasteiger partial charge is 0.744 e. The summed E-state index contributed by atoms with van der Waals surface area (Å²) in [6.07, 6.45) is 0.287. The van der Waals surface area contributed by atoms with Crippen molar-refractivity contribution in [1.29, 1.82) is 0 Å². The summed E-state index contributed by atoms with van der Waals surface area (Å²) >= 11 is 0. The van der Waals surface area contributed by atoms with E-state index in [0.717, 1.165) is 43.8 Å². The number of rotatable bonds is 13. The van der Waals surface area contributed by atoms with Crippen molar-refractivity contribution < 1.29 is 170 Å². The summed E-state index contributed by atoms with van der Waals surface area (Å²) in [5.41, 5.74) is 2.91. The molecule has 0 radical (unpaired) electrons. The van der Waals surface area contributed by atoms with Crippen molar-refractivity contribution in [3.63, 3.8) is 0 Å². The van der Waals surface area contributed by atoms with Crippen LogP contribution in [0.1, 0.15) is 11.1 Å². The van der Waals surface area contributed by atoms with E-state index in [1.165, 1.54) is 72.8 Å². The second-order valence-electron chi connectivity index (χ2n) is 14.6. The van der Waals surface area contributed by atoms with Gasteiger partial charge in [-0.05, 0) is 129 Å². The maximum absolute atomic E-state index is 12.3. The zero-order valence-corrected chi connectivity index (χ0v) is 50.1. The monoisotopic (exact) mass is 1060 g/mol. The molecule has 0 aromatic heterocycles. The summed E-state index contributed by atoms with van der Waals surface area (Å²) in [6.45, 7) is 0. The molecule has 8 rings (SSSR count). The van der Waals surface area contributed by atoms with E-state index in [0.29, 0.717) is 21.2 Å². The summed E-state index contributed by atoms with van der Waals surface area (Å²) in [7, 11) is -23.2. The molecule has 0 heterocycles. The van der Waals surface area contributed by atoms with Crippen LogP contribution in [0.15, 0.2) is 189 Å². The molecule has 0 atom stereocenters. The maximum Gasteiger partial charge on any atom is 1.00 e. The molecule has 8 aromatic rings. The standard InChI is InChI=1S/C46H36O12P2S4.4Na/c47-61(48,49)39-15-5-11-35(25-39)59(36-12-6-16-40(26-36)62(50,51)52)29-33-23-21-31-9-1-3-19-43(31)45(33)46-34(24-22-32-10-2-4-20-44(32)46)30-60(37-13-7-17-41(27-37)63(53,54)55)38-14-8-18-42(28-38)64(56,57)58;;;;/h1-28H,29-30H2,(H,47,48,49)(H,50,51,52)(H,53,54,55)(H,56,57,58);;;;/q;4*+1/p-4. The Morgan fingerprint density at radius 2 is 0.588 bits per heavy atom. The molecule has 0 N–H and O–H groups in total. The third kappa shape index (κ3) is 13.7. The second kappa shape index (κ2) is 24.2. The van der Waals surface area contributed by atoms with Gasteiger partial charge in [0, 0.05) is 12.3 Å². The van der Waals surface area contributed by atoms with Gasteiger partial charge in [0.2, 0.25) is 0 Å². The number of fused-ring (bicyclic) bond motifs is 2. The molecule has 0 aliphatic carbocycles. The van der Waals surface area contributed by atoms with Gasteiger partial charge in [0.15, 0.2) is 0 Å². The van der Waals surface area contributed by atoms with Crippen LogP contribution in [0.5, 0.6) is 0 Å². The third-order valence-electron chi connectivity index (χ3n) is 10.6. The Balaban J connectivity index is 0.00000252. The van der Waals surface area contributed by atoms with E-state index in [4.69, 9.17) is 0 Å². The van der Waals surface area contributed by atoms with E-state index in [9.17, 15) is 51.9 Å². The number of hydrogen-bond donors (Lipinski definition) is 0. The molecule has 0 bridgehead atoms. The molecule has 0 spiro atoms. The fraction of sp³-hybridized carbons (Fsp3) is 0.0435. The van der Waals surface area contributed by atoms with Crippen molar-refractivity contribution in [2.45, 2.75) is 31.9 Å². The minimum absolute atomic E-state index is 0. The van der Waals surface area contributed by atoms with E-state index in [2.05, 4.69) is 0 Å². The third-order valence-corrected chi connectivity index (χ3v) is 18.9. The molecule has 68 heavy (non-hydrogen) atoms. The van der Waals surface area contributed by atoms with Crippen molar-refractivity contribution in [3.05, 3.63) is 181 Å². The number of hydrogen-bond acceptors (Lipinski definition) is 12. The predicted octanol–water partition coefficient (Wildman–Crippen LogP) is -5.44. The van der Waals surface area contributed by atoms with Gasteiger partial charge >= 0.3 is 118 Å². The van der Waals surface area contributed by atoms with Crippen LogP contribution in [0, 0.1) is 0 Å². The Bertz CT molecular complexity index is 3230. The van der Waals surface area contributed by atoms with Crippen molar-refractivity contribution in [1.82, 2.24) is 0 Å². The first-order valence-corrected chi connectivity index (χ1v) is 27.7. The summed E-state index contributed by atoms with van der Waals surface area (Å²) in [5, 5.41) is 4.91. The molecule has 0 amide bonds. The molecule has 0 unspecified atom stereocenters. The van der Waals surface area contributed by atoms with Crippen LogP contribution in [-0.4, -0.2) is 51.9 Å². The van der Waals surface area contributed by atoms with Crippen molar-refractivity contribution in [2.24, 2.45) is 0 Å². The first kappa shape index (κ1) is 59.3. The average molecular weight is 1060 g/mol. The van der Waals surface area contributed by atoms with Crippen molar-refractivity contribution >= 4 is 99.1 Å². The van der Waals surface area contributed by atoms with Crippen molar-refractivity contribution in [3.8, 4) is 11.1 Å². The Kier molecular flexibility index (Phi) is 21.1. The first-order valence-electron chi connectivity index (χ1n) is 19.1. The van der Waals surface area contributed by atoms with Crippen LogP contribution in [0.4, 0.5) is 0 Å². The molecule has 0 aliphatic rings. The van der Waals surface area contributed by atoms with E-state index < -0.39 is 75.9 Å². The quantitative estimate of drug-likeness (QED) is 0.0599. The molecular formula is C46H32Na4O12P2S4. The second-order valence-corrected chi connectivity index (χ2v) is 24.5. The molecule has 8 aromatic carbocycles. The van der Waals surface area contributed by atoms with Gasteiger partial charge < -0.3 is 18.2 Å². The van der Waals surface area contributed by atoms with E-state index in [1.807, 2.05) is 72.8 Å². The van der Waals surface area contributed by atoms with Gasteiger partial charge in [0.1, 0.15) is 40.5 Å². The molecule has 326 valence electrons. The Hall–Kier alpha value is -1.22. The van der Waals surface area contributed by atoms with Gasteiger partial charge in [0.05, 0.1) is 19.6 Å². The molecule has 12 nitrogen and oxygen atoms in total. The molecular weight excluding hydrogens is 1030 g/mol. The molecule has 0 saturated heterocycles. The van der Waals surface area contributed by atoms with Gasteiger partial charge in [-0.25, -0.2) is 33.7 Å². The molecule has 22 heteroatoms. The normalized spacial score (nSPS) is 11.9. The van der Waals surface area contributed by atoms with Gasteiger partial charge in [-0.1, -0.05) is 121 Å². The number of benzene rings is 8. The largest absolute Gasteiger partial charge is 1.00 e.